The van der Waals surface area contributed by atoms with Crippen molar-refractivity contribution in [1.82, 2.24) is 0 Å². The number of fused-ring (bicyclic) bond motifs is 2. The minimum Gasteiger partial charge on any atom is -0.455 e. The van der Waals surface area contributed by atoms with Crippen molar-refractivity contribution in [2.24, 2.45) is 11.8 Å². The normalized spacial score (nSPS) is 49.3. The Balaban J connectivity index is 2.00. The maximum atomic E-state index is 12.2. The van der Waals surface area contributed by atoms with Crippen molar-refractivity contribution in [3.8, 4) is 0 Å². The van der Waals surface area contributed by atoms with Gasteiger partial charge in [-0.05, 0) is 20.3 Å². The van der Waals surface area contributed by atoms with Gasteiger partial charge in [-0.25, -0.2) is 4.79 Å². The first-order chi connectivity index (χ1) is 12.1. The number of epoxide rings is 1. The highest BCUT2D eigenvalue weighted by atomic mass is 16.6. The summed E-state index contributed by atoms with van der Waals surface area (Å²) in [5, 5.41) is 32.5. The highest BCUT2D eigenvalue weighted by Crippen LogP contribution is 2.50. The summed E-state index contributed by atoms with van der Waals surface area (Å²) in [6.07, 6.45) is -4.05. The van der Waals surface area contributed by atoms with E-state index in [9.17, 15) is 20.1 Å². The number of hydrogen-bond donors (Lipinski definition) is 3. The van der Waals surface area contributed by atoms with Crippen molar-refractivity contribution < 1.29 is 34.3 Å². The molecule has 7 nitrogen and oxygen atoms in total. The predicted octanol–water partition coefficient (Wildman–Crippen LogP) is 0.548. The SMILES string of the molecule is C=C1C(=O)O[C@@H]2C1C(OC(C)CCC)[C@@H](O)[C@@H](C)C(O)C1O[C@]1(C)[C@H]2O. The molecule has 2 saturated heterocycles. The second-order valence-corrected chi connectivity index (χ2v) is 8.13. The fraction of sp³-hybridized carbons (Fsp3) is 0.842. The number of carbonyl (C=O) groups is 1. The fourth-order valence-corrected chi connectivity index (χ4v) is 4.36. The molecule has 0 aromatic rings. The van der Waals surface area contributed by atoms with E-state index in [4.69, 9.17) is 14.2 Å². The topological polar surface area (TPSA) is 109 Å². The maximum Gasteiger partial charge on any atom is 0.334 e. The molecule has 2 heterocycles. The van der Waals surface area contributed by atoms with Crippen LogP contribution in [0.5, 0.6) is 0 Å². The molecular weight excluding hydrogens is 340 g/mol. The zero-order valence-corrected chi connectivity index (χ0v) is 15.8. The third kappa shape index (κ3) is 2.99. The fourth-order valence-electron chi connectivity index (χ4n) is 4.36. The van der Waals surface area contributed by atoms with Gasteiger partial charge in [0.05, 0.1) is 30.3 Å². The second-order valence-electron chi connectivity index (χ2n) is 8.13. The minimum absolute atomic E-state index is 0.160. The molecule has 5 unspecified atom stereocenters. The smallest absolute Gasteiger partial charge is 0.334 e. The van der Waals surface area contributed by atoms with Crippen LogP contribution in [0, 0.1) is 11.8 Å². The van der Waals surface area contributed by atoms with Gasteiger partial charge in [-0.3, -0.25) is 0 Å². The van der Waals surface area contributed by atoms with E-state index in [1.54, 1.807) is 13.8 Å². The summed E-state index contributed by atoms with van der Waals surface area (Å²) in [6.45, 7) is 11.1. The Kier molecular flexibility index (Phi) is 5.22. The molecule has 0 bridgehead atoms. The first-order valence-corrected chi connectivity index (χ1v) is 9.40. The molecule has 7 heteroatoms. The lowest BCUT2D eigenvalue weighted by Gasteiger charge is -2.36. The van der Waals surface area contributed by atoms with E-state index in [2.05, 4.69) is 6.58 Å². The van der Waals surface area contributed by atoms with Gasteiger partial charge in [-0.15, -0.1) is 0 Å². The van der Waals surface area contributed by atoms with E-state index in [0.717, 1.165) is 12.8 Å². The van der Waals surface area contributed by atoms with Crippen molar-refractivity contribution in [2.45, 2.75) is 88.9 Å². The van der Waals surface area contributed by atoms with E-state index >= 15 is 0 Å². The Morgan fingerprint density at radius 3 is 2.58 bits per heavy atom. The van der Waals surface area contributed by atoms with Crippen LogP contribution in [0.25, 0.3) is 0 Å². The van der Waals surface area contributed by atoms with Gasteiger partial charge in [-0.2, -0.15) is 0 Å². The molecular formula is C19H30O7. The van der Waals surface area contributed by atoms with Crippen molar-refractivity contribution >= 4 is 5.97 Å². The molecule has 1 aliphatic carbocycles. The van der Waals surface area contributed by atoms with Gasteiger partial charge in [0.25, 0.3) is 0 Å². The van der Waals surface area contributed by atoms with Crippen molar-refractivity contribution in [2.75, 3.05) is 0 Å². The van der Waals surface area contributed by atoms with Crippen molar-refractivity contribution in [3.05, 3.63) is 12.2 Å². The summed E-state index contributed by atoms with van der Waals surface area (Å²) in [6, 6.07) is 0. The van der Waals surface area contributed by atoms with Crippen molar-refractivity contribution in [1.29, 1.82) is 0 Å². The lowest BCUT2D eigenvalue weighted by atomic mass is 9.81. The number of aliphatic hydroxyl groups excluding tert-OH is 3. The third-order valence-corrected chi connectivity index (χ3v) is 6.21. The summed E-state index contributed by atoms with van der Waals surface area (Å²) in [7, 11) is 0. The summed E-state index contributed by atoms with van der Waals surface area (Å²) < 4.78 is 17.1. The second kappa shape index (κ2) is 6.87. The lowest BCUT2D eigenvalue weighted by Crippen LogP contribution is -2.50. The number of esters is 1. The first-order valence-electron chi connectivity index (χ1n) is 9.40. The van der Waals surface area contributed by atoms with Gasteiger partial charge in [0.1, 0.15) is 23.9 Å². The number of carbonyl (C=O) groups excluding carboxylic acids is 1. The molecule has 148 valence electrons. The molecule has 3 aliphatic rings. The number of ether oxygens (including phenoxy) is 3. The van der Waals surface area contributed by atoms with Gasteiger partial charge < -0.3 is 29.5 Å². The lowest BCUT2D eigenvalue weighted by molar-refractivity contribution is -0.158. The Labute approximate surface area is 153 Å². The first kappa shape index (κ1) is 19.8. The maximum absolute atomic E-state index is 12.2. The van der Waals surface area contributed by atoms with Crippen LogP contribution in [0.2, 0.25) is 0 Å². The zero-order chi connectivity index (χ0) is 19.4. The summed E-state index contributed by atoms with van der Waals surface area (Å²) in [4.78, 5) is 12.2. The Bertz CT molecular complexity index is 578. The molecule has 10 atom stereocenters. The highest BCUT2D eigenvalue weighted by Gasteiger charge is 2.68. The van der Waals surface area contributed by atoms with Gasteiger partial charge >= 0.3 is 5.97 Å². The van der Waals surface area contributed by atoms with Crippen LogP contribution in [-0.2, 0) is 19.0 Å². The van der Waals surface area contributed by atoms with Crippen molar-refractivity contribution in [3.63, 3.8) is 0 Å². The van der Waals surface area contributed by atoms with E-state index in [1.807, 2.05) is 13.8 Å². The molecule has 3 rings (SSSR count). The quantitative estimate of drug-likeness (QED) is 0.377. The van der Waals surface area contributed by atoms with Gasteiger partial charge in [0.15, 0.2) is 0 Å². The minimum atomic E-state index is -1.15. The molecule has 0 aromatic heterocycles. The highest BCUT2D eigenvalue weighted by molar-refractivity contribution is 5.91. The number of hydrogen-bond acceptors (Lipinski definition) is 7. The van der Waals surface area contributed by atoms with Crippen LogP contribution in [0.1, 0.15) is 40.5 Å². The van der Waals surface area contributed by atoms with Gasteiger partial charge in [0, 0.05) is 11.5 Å². The molecule has 0 spiro atoms. The summed E-state index contributed by atoms with van der Waals surface area (Å²) >= 11 is 0. The molecule has 0 amide bonds. The van der Waals surface area contributed by atoms with Crippen LogP contribution < -0.4 is 0 Å². The average Bonchev–Trinajstić information content (AvgIpc) is 3.20. The molecule has 0 aromatic carbocycles. The van der Waals surface area contributed by atoms with E-state index in [1.165, 1.54) is 0 Å². The molecule has 3 fully saturated rings. The third-order valence-electron chi connectivity index (χ3n) is 6.21. The number of aliphatic hydroxyl groups is 3. The van der Waals surface area contributed by atoms with E-state index < -0.39 is 60.0 Å². The zero-order valence-electron chi connectivity index (χ0n) is 15.8. The molecule has 26 heavy (non-hydrogen) atoms. The Hall–Kier alpha value is -0.990. The van der Waals surface area contributed by atoms with Crippen LogP contribution in [0.3, 0.4) is 0 Å². The largest absolute Gasteiger partial charge is 0.455 e. The molecule has 1 saturated carbocycles. The van der Waals surface area contributed by atoms with Gasteiger partial charge in [-0.1, -0.05) is 26.8 Å². The molecule has 2 aliphatic heterocycles. The predicted molar refractivity (Wildman–Crippen MR) is 92.2 cm³/mol. The van der Waals surface area contributed by atoms with Crippen LogP contribution in [-0.4, -0.2) is 69.6 Å². The van der Waals surface area contributed by atoms with Crippen LogP contribution >= 0.6 is 0 Å². The standard InChI is InChI=1S/C19H30O7/c1-6-7-8(2)24-14-11-9(3)18(23)25-15(11)16(22)19(5)17(26-19)13(21)10(4)12(14)20/h8,10-17,20-22H,3,6-7H2,1-2,4-5H3/t8?,10-,11?,12+,13?,14?,15-,16+,17?,19-/m1/s1. The summed E-state index contributed by atoms with van der Waals surface area (Å²) in [5.74, 6) is -1.88. The van der Waals surface area contributed by atoms with Gasteiger partial charge in [0.2, 0.25) is 0 Å². The Morgan fingerprint density at radius 1 is 1.31 bits per heavy atom. The average molecular weight is 370 g/mol. The summed E-state index contributed by atoms with van der Waals surface area (Å²) in [5.41, 5.74) is -0.864. The monoisotopic (exact) mass is 370 g/mol. The Morgan fingerprint density at radius 2 is 1.96 bits per heavy atom. The van der Waals surface area contributed by atoms with E-state index in [-0.39, 0.29) is 11.7 Å². The van der Waals surface area contributed by atoms with Crippen LogP contribution in [0.4, 0.5) is 0 Å². The molecule has 3 N–H and O–H groups in total. The van der Waals surface area contributed by atoms with Crippen LogP contribution in [0.15, 0.2) is 12.2 Å². The molecule has 0 radical (unpaired) electrons. The van der Waals surface area contributed by atoms with E-state index in [0.29, 0.717) is 0 Å². The number of rotatable bonds is 4.